The van der Waals surface area contributed by atoms with Crippen molar-refractivity contribution in [1.29, 1.82) is 0 Å². The Bertz CT molecular complexity index is 1130. The highest BCUT2D eigenvalue weighted by molar-refractivity contribution is 7.23. The van der Waals surface area contributed by atoms with Crippen molar-refractivity contribution >= 4 is 44.2 Å². The van der Waals surface area contributed by atoms with Gasteiger partial charge in [-0.05, 0) is 50.6 Å². The fourth-order valence-corrected chi connectivity index (χ4v) is 4.43. The predicted octanol–water partition coefficient (Wildman–Crippen LogP) is 5.28. The van der Waals surface area contributed by atoms with E-state index in [0.29, 0.717) is 22.4 Å². The van der Waals surface area contributed by atoms with E-state index in [1.165, 1.54) is 11.3 Å². The lowest BCUT2D eigenvalue weighted by molar-refractivity contribution is 0.0972. The summed E-state index contributed by atoms with van der Waals surface area (Å²) in [4.78, 5) is 24.4. The molecule has 3 aromatic heterocycles. The van der Waals surface area contributed by atoms with Crippen molar-refractivity contribution in [1.82, 2.24) is 19.7 Å². The van der Waals surface area contributed by atoms with Crippen LogP contribution < -0.4 is 4.90 Å². The van der Waals surface area contributed by atoms with Gasteiger partial charge in [0.25, 0.3) is 5.91 Å². The van der Waals surface area contributed by atoms with Gasteiger partial charge >= 0.3 is 0 Å². The Balaban J connectivity index is 1.82. The van der Waals surface area contributed by atoms with E-state index in [1.807, 2.05) is 51.1 Å². The molecule has 0 spiro atoms. The summed E-state index contributed by atoms with van der Waals surface area (Å²) in [6, 6.07) is 11.2. The molecule has 0 aliphatic carbocycles. The second kappa shape index (κ2) is 7.93. The van der Waals surface area contributed by atoms with Crippen LogP contribution >= 0.6 is 22.9 Å². The van der Waals surface area contributed by atoms with Crippen LogP contribution in [0.15, 0.2) is 48.8 Å². The van der Waals surface area contributed by atoms with E-state index in [9.17, 15) is 4.79 Å². The minimum atomic E-state index is -0.172. The molecule has 0 saturated carbocycles. The number of fused-ring (bicyclic) bond motifs is 1. The number of hydrogen-bond donors (Lipinski definition) is 0. The monoisotopic (exact) mass is 425 g/mol. The molecule has 1 amide bonds. The van der Waals surface area contributed by atoms with E-state index in [1.54, 1.807) is 28.0 Å². The van der Waals surface area contributed by atoms with Crippen molar-refractivity contribution in [3.8, 4) is 0 Å². The first-order valence-electron chi connectivity index (χ1n) is 9.26. The number of anilines is 1. The smallest absolute Gasteiger partial charge is 0.277 e. The van der Waals surface area contributed by atoms with Crippen LogP contribution in [0.3, 0.4) is 0 Å². The lowest BCUT2D eigenvalue weighted by atomic mass is 10.2. The van der Waals surface area contributed by atoms with Gasteiger partial charge < -0.3 is 0 Å². The molecule has 0 saturated heterocycles. The zero-order valence-electron chi connectivity index (χ0n) is 16.3. The highest BCUT2D eigenvalue weighted by Gasteiger charge is 2.26. The molecule has 0 aliphatic rings. The number of rotatable bonds is 5. The first kappa shape index (κ1) is 19.5. The summed E-state index contributed by atoms with van der Waals surface area (Å²) in [6.07, 6.45) is 3.36. The first-order valence-corrected chi connectivity index (χ1v) is 10.5. The molecule has 4 rings (SSSR count). The molecule has 148 valence electrons. The number of thiazole rings is 1. The Morgan fingerprint density at radius 1 is 1.21 bits per heavy atom. The molecule has 4 aromatic rings. The third-order valence-corrected chi connectivity index (χ3v) is 6.13. The summed E-state index contributed by atoms with van der Waals surface area (Å²) in [7, 11) is 0. The second-order valence-corrected chi connectivity index (χ2v) is 8.39. The normalized spacial score (nSPS) is 11.3. The lowest BCUT2D eigenvalue weighted by Crippen LogP contribution is -2.32. The first-order chi connectivity index (χ1) is 14.0. The maximum Gasteiger partial charge on any atom is 0.278 e. The molecule has 0 unspecified atom stereocenters. The largest absolute Gasteiger partial charge is 0.278 e. The van der Waals surface area contributed by atoms with Crippen LogP contribution in [0.1, 0.15) is 41.6 Å². The fourth-order valence-electron chi connectivity index (χ4n) is 3.12. The lowest BCUT2D eigenvalue weighted by Gasteiger charge is -2.21. The molecule has 0 fully saturated rings. The summed E-state index contributed by atoms with van der Waals surface area (Å²) in [6.45, 7) is 6.28. The topological polar surface area (TPSA) is 63.9 Å². The van der Waals surface area contributed by atoms with Crippen LogP contribution in [0.2, 0.25) is 5.02 Å². The quantitative estimate of drug-likeness (QED) is 0.436. The van der Waals surface area contributed by atoms with Gasteiger partial charge in [-0.15, -0.1) is 0 Å². The van der Waals surface area contributed by atoms with Gasteiger partial charge in [0.2, 0.25) is 0 Å². The molecule has 0 bridgehead atoms. The van der Waals surface area contributed by atoms with Crippen molar-refractivity contribution in [2.75, 3.05) is 4.90 Å². The van der Waals surface area contributed by atoms with Crippen LogP contribution in [0.5, 0.6) is 0 Å². The third kappa shape index (κ3) is 3.75. The van der Waals surface area contributed by atoms with Crippen LogP contribution in [-0.2, 0) is 6.54 Å². The van der Waals surface area contributed by atoms with E-state index in [0.717, 1.165) is 21.5 Å². The molecule has 6 nitrogen and oxygen atoms in total. The SMILES string of the molecule is Cc1ccc(Cl)c2sc(N(Cc3ccccn3)C(=O)c3ccnn3C(C)C)nc12. The molecule has 3 heterocycles. The number of carbonyl (C=O) groups excluding carboxylic acids is 1. The molecule has 29 heavy (non-hydrogen) atoms. The number of hydrogen-bond acceptors (Lipinski definition) is 5. The molecule has 0 N–H and O–H groups in total. The van der Waals surface area contributed by atoms with Crippen LogP contribution in [0.25, 0.3) is 10.2 Å². The van der Waals surface area contributed by atoms with Crippen LogP contribution in [0, 0.1) is 6.92 Å². The second-order valence-electron chi connectivity index (χ2n) is 7.01. The van der Waals surface area contributed by atoms with Gasteiger partial charge in [0.05, 0.1) is 27.5 Å². The highest BCUT2D eigenvalue weighted by Crippen LogP contribution is 2.36. The number of halogens is 1. The number of amides is 1. The van der Waals surface area contributed by atoms with Crippen LogP contribution in [0.4, 0.5) is 5.13 Å². The maximum absolute atomic E-state index is 13.6. The molecule has 0 aliphatic heterocycles. The average Bonchev–Trinajstić information content (AvgIpc) is 3.37. The molecule has 0 atom stereocenters. The zero-order valence-corrected chi connectivity index (χ0v) is 17.9. The molecular formula is C21H20ClN5OS. The van der Waals surface area contributed by atoms with Gasteiger partial charge in [-0.2, -0.15) is 5.10 Å². The van der Waals surface area contributed by atoms with Crippen molar-refractivity contribution in [2.24, 2.45) is 0 Å². The van der Waals surface area contributed by atoms with Crippen molar-refractivity contribution in [2.45, 2.75) is 33.4 Å². The Morgan fingerprint density at radius 3 is 2.72 bits per heavy atom. The summed E-state index contributed by atoms with van der Waals surface area (Å²) in [5, 5.41) is 5.52. The zero-order chi connectivity index (χ0) is 20.5. The van der Waals surface area contributed by atoms with Gasteiger partial charge in [-0.3, -0.25) is 19.4 Å². The average molecular weight is 426 g/mol. The number of carbonyl (C=O) groups is 1. The minimum absolute atomic E-state index is 0.0627. The van der Waals surface area contributed by atoms with Gasteiger partial charge in [0, 0.05) is 18.4 Å². The van der Waals surface area contributed by atoms with Gasteiger partial charge in [-0.25, -0.2) is 4.98 Å². The van der Waals surface area contributed by atoms with Crippen molar-refractivity contribution in [3.63, 3.8) is 0 Å². The summed E-state index contributed by atoms with van der Waals surface area (Å²) < 4.78 is 2.59. The van der Waals surface area contributed by atoms with Crippen molar-refractivity contribution < 1.29 is 4.79 Å². The Morgan fingerprint density at radius 2 is 2.03 bits per heavy atom. The van der Waals surface area contributed by atoms with E-state index < -0.39 is 0 Å². The summed E-state index contributed by atoms with van der Waals surface area (Å²) in [5.74, 6) is -0.172. The van der Waals surface area contributed by atoms with Crippen molar-refractivity contribution in [3.05, 3.63) is 70.8 Å². The highest BCUT2D eigenvalue weighted by atomic mass is 35.5. The Kier molecular flexibility index (Phi) is 5.34. The summed E-state index contributed by atoms with van der Waals surface area (Å²) >= 11 is 7.80. The van der Waals surface area contributed by atoms with Gasteiger partial charge in [0.1, 0.15) is 5.69 Å². The van der Waals surface area contributed by atoms with E-state index in [2.05, 4.69) is 10.1 Å². The van der Waals surface area contributed by atoms with Gasteiger partial charge in [0.15, 0.2) is 5.13 Å². The molecule has 8 heteroatoms. The van der Waals surface area contributed by atoms with Gasteiger partial charge in [-0.1, -0.05) is 35.1 Å². The van der Waals surface area contributed by atoms with Crippen LogP contribution in [-0.4, -0.2) is 25.7 Å². The number of benzene rings is 1. The number of pyridine rings is 1. The number of nitrogens with zero attached hydrogens (tertiary/aromatic N) is 5. The maximum atomic E-state index is 13.6. The molecular weight excluding hydrogens is 406 g/mol. The summed E-state index contributed by atoms with van der Waals surface area (Å²) in [5.41, 5.74) is 3.12. The Hall–Kier alpha value is -2.77. The third-order valence-electron chi connectivity index (χ3n) is 4.59. The van der Waals surface area contributed by atoms with E-state index >= 15 is 0 Å². The fraction of sp³-hybridized carbons (Fsp3) is 0.238. The predicted molar refractivity (Wildman–Crippen MR) is 117 cm³/mol. The van der Waals surface area contributed by atoms with E-state index in [-0.39, 0.29) is 11.9 Å². The van der Waals surface area contributed by atoms with E-state index in [4.69, 9.17) is 16.6 Å². The number of aromatic nitrogens is 4. The molecule has 1 aromatic carbocycles. The Labute approximate surface area is 177 Å². The molecule has 0 radical (unpaired) electrons. The minimum Gasteiger partial charge on any atom is -0.277 e. The standard InChI is InChI=1S/C21H20ClN5OS/c1-13(2)27-17(9-11-24-27)20(28)26(12-15-6-4-5-10-23-15)21-25-18-14(3)7-8-16(22)19(18)29-21/h4-11,13H,12H2,1-3H3. The number of aryl methyl sites for hydroxylation is 1.